The SMILES string of the molecule is Cc1cc(C)cc(C(N)CS(=O)c2cccc(Cl)c2)c1. The molecule has 0 spiro atoms. The maximum absolute atomic E-state index is 12.3. The van der Waals surface area contributed by atoms with Crippen LogP contribution in [0.3, 0.4) is 0 Å². The number of hydrogen-bond donors (Lipinski definition) is 1. The van der Waals surface area contributed by atoms with Crippen LogP contribution >= 0.6 is 11.6 Å². The summed E-state index contributed by atoms with van der Waals surface area (Å²) in [5.41, 5.74) is 9.55. The summed E-state index contributed by atoms with van der Waals surface area (Å²) in [4.78, 5) is 0.720. The van der Waals surface area contributed by atoms with E-state index < -0.39 is 10.8 Å². The first-order chi connectivity index (χ1) is 9.45. The first-order valence-corrected chi connectivity index (χ1v) is 8.13. The van der Waals surface area contributed by atoms with Gasteiger partial charge in [-0.05, 0) is 37.6 Å². The van der Waals surface area contributed by atoms with Crippen molar-refractivity contribution in [3.05, 3.63) is 64.2 Å². The number of hydrogen-bond acceptors (Lipinski definition) is 2. The lowest BCUT2D eigenvalue weighted by molar-refractivity contribution is 0.675. The molecule has 0 bridgehead atoms. The van der Waals surface area contributed by atoms with Crippen molar-refractivity contribution in [3.8, 4) is 0 Å². The van der Waals surface area contributed by atoms with Crippen LogP contribution in [0.25, 0.3) is 0 Å². The monoisotopic (exact) mass is 307 g/mol. The molecule has 0 saturated carbocycles. The fraction of sp³-hybridized carbons (Fsp3) is 0.250. The predicted octanol–water partition coefficient (Wildman–Crippen LogP) is 3.76. The van der Waals surface area contributed by atoms with Gasteiger partial charge in [0.15, 0.2) is 0 Å². The Bertz CT molecular complexity index is 622. The third-order valence-corrected chi connectivity index (χ3v) is 4.74. The highest BCUT2D eigenvalue weighted by molar-refractivity contribution is 7.85. The predicted molar refractivity (Wildman–Crippen MR) is 85.6 cm³/mol. The number of halogens is 1. The molecule has 2 atom stereocenters. The van der Waals surface area contributed by atoms with Crippen LogP contribution in [0.1, 0.15) is 22.7 Å². The highest BCUT2D eigenvalue weighted by Crippen LogP contribution is 2.20. The minimum atomic E-state index is -1.15. The van der Waals surface area contributed by atoms with E-state index in [9.17, 15) is 4.21 Å². The quantitative estimate of drug-likeness (QED) is 0.934. The maximum Gasteiger partial charge on any atom is 0.0549 e. The molecule has 0 saturated heterocycles. The van der Waals surface area contributed by atoms with Crippen LogP contribution in [0.4, 0.5) is 0 Å². The van der Waals surface area contributed by atoms with Crippen molar-refractivity contribution in [1.82, 2.24) is 0 Å². The molecule has 0 aliphatic heterocycles. The maximum atomic E-state index is 12.3. The standard InChI is InChI=1S/C16H18ClNOS/c1-11-6-12(2)8-13(7-11)16(18)10-20(19)15-5-3-4-14(17)9-15/h3-9,16H,10,18H2,1-2H3. The van der Waals surface area contributed by atoms with Crippen molar-refractivity contribution in [2.75, 3.05) is 5.75 Å². The molecule has 0 radical (unpaired) electrons. The molecule has 2 N–H and O–H groups in total. The fourth-order valence-electron chi connectivity index (χ4n) is 2.19. The summed E-state index contributed by atoms with van der Waals surface area (Å²) >= 11 is 5.92. The molecule has 20 heavy (non-hydrogen) atoms. The summed E-state index contributed by atoms with van der Waals surface area (Å²) < 4.78 is 12.3. The Labute approximate surface area is 127 Å². The van der Waals surface area contributed by atoms with Crippen LogP contribution < -0.4 is 5.73 Å². The molecule has 0 amide bonds. The highest BCUT2D eigenvalue weighted by Gasteiger charge is 2.13. The Hall–Kier alpha value is -1.16. The minimum Gasteiger partial charge on any atom is -0.323 e. The van der Waals surface area contributed by atoms with Gasteiger partial charge in [0.2, 0.25) is 0 Å². The molecule has 0 heterocycles. The zero-order valence-electron chi connectivity index (χ0n) is 11.6. The third kappa shape index (κ3) is 3.92. The second-order valence-corrected chi connectivity index (χ2v) is 6.93. The molecule has 2 rings (SSSR count). The van der Waals surface area contributed by atoms with E-state index in [1.165, 1.54) is 11.1 Å². The molecule has 4 heteroatoms. The summed E-state index contributed by atoms with van der Waals surface area (Å²) in [6, 6.07) is 13.1. The molecule has 0 aromatic heterocycles. The smallest absolute Gasteiger partial charge is 0.0549 e. The van der Waals surface area contributed by atoms with Crippen LogP contribution in [0.2, 0.25) is 5.02 Å². The molecule has 0 aliphatic rings. The van der Waals surface area contributed by atoms with Gasteiger partial charge in [0.25, 0.3) is 0 Å². The highest BCUT2D eigenvalue weighted by atomic mass is 35.5. The van der Waals surface area contributed by atoms with Crippen molar-refractivity contribution in [1.29, 1.82) is 0 Å². The van der Waals surface area contributed by atoms with Crippen molar-refractivity contribution in [3.63, 3.8) is 0 Å². The molecule has 2 unspecified atom stereocenters. The number of rotatable bonds is 4. The number of nitrogens with two attached hydrogens (primary N) is 1. The van der Waals surface area contributed by atoms with E-state index in [0.29, 0.717) is 10.8 Å². The lowest BCUT2D eigenvalue weighted by Crippen LogP contribution is -2.18. The van der Waals surface area contributed by atoms with Gasteiger partial charge >= 0.3 is 0 Å². The summed E-state index contributed by atoms with van der Waals surface area (Å²) in [5, 5.41) is 0.593. The summed E-state index contributed by atoms with van der Waals surface area (Å²) in [6.07, 6.45) is 0. The minimum absolute atomic E-state index is 0.242. The number of aryl methyl sites for hydroxylation is 2. The summed E-state index contributed by atoms with van der Waals surface area (Å²) in [6.45, 7) is 4.08. The van der Waals surface area contributed by atoms with E-state index >= 15 is 0 Å². The second-order valence-electron chi connectivity index (χ2n) is 5.00. The summed E-state index contributed by atoms with van der Waals surface area (Å²) in [5.74, 6) is 0.392. The van der Waals surface area contributed by atoms with Gasteiger partial charge in [-0.1, -0.05) is 47.0 Å². The van der Waals surface area contributed by atoms with E-state index in [1.807, 2.05) is 32.0 Å². The van der Waals surface area contributed by atoms with E-state index in [1.54, 1.807) is 18.2 Å². The van der Waals surface area contributed by atoms with Crippen LogP contribution in [0, 0.1) is 13.8 Å². The zero-order chi connectivity index (χ0) is 14.7. The lowest BCUT2D eigenvalue weighted by Gasteiger charge is -2.13. The van der Waals surface area contributed by atoms with Crippen molar-refractivity contribution in [2.45, 2.75) is 24.8 Å². The van der Waals surface area contributed by atoms with E-state index in [-0.39, 0.29) is 6.04 Å². The average molecular weight is 308 g/mol. The normalized spacial score (nSPS) is 14.0. The van der Waals surface area contributed by atoms with Crippen LogP contribution in [0.5, 0.6) is 0 Å². The summed E-state index contributed by atoms with van der Waals surface area (Å²) in [7, 11) is -1.15. The molecule has 2 aromatic rings. The van der Waals surface area contributed by atoms with Crippen molar-refractivity contribution in [2.24, 2.45) is 5.73 Å². The first kappa shape index (κ1) is 15.2. The Morgan fingerprint density at radius 2 is 1.80 bits per heavy atom. The first-order valence-electron chi connectivity index (χ1n) is 6.43. The Kier molecular flexibility index (Phi) is 4.97. The molecular formula is C16H18ClNOS. The van der Waals surface area contributed by atoms with Crippen molar-refractivity contribution >= 4 is 22.4 Å². The fourth-order valence-corrected chi connectivity index (χ4v) is 3.64. The van der Waals surface area contributed by atoms with Gasteiger partial charge in [-0.3, -0.25) is 4.21 Å². The Balaban J connectivity index is 2.15. The van der Waals surface area contributed by atoms with Gasteiger partial charge in [0, 0.05) is 21.7 Å². The van der Waals surface area contributed by atoms with Gasteiger partial charge in [0.05, 0.1) is 10.8 Å². The lowest BCUT2D eigenvalue weighted by atomic mass is 10.0. The van der Waals surface area contributed by atoms with Crippen LogP contribution in [-0.4, -0.2) is 9.96 Å². The van der Waals surface area contributed by atoms with Gasteiger partial charge in [-0.15, -0.1) is 0 Å². The van der Waals surface area contributed by atoms with Gasteiger partial charge in [-0.2, -0.15) is 0 Å². The second kappa shape index (κ2) is 6.53. The van der Waals surface area contributed by atoms with Gasteiger partial charge in [-0.25, -0.2) is 0 Å². The van der Waals surface area contributed by atoms with Gasteiger partial charge < -0.3 is 5.73 Å². The molecule has 106 valence electrons. The Morgan fingerprint density at radius 3 is 2.40 bits per heavy atom. The van der Waals surface area contributed by atoms with E-state index in [4.69, 9.17) is 17.3 Å². The Morgan fingerprint density at radius 1 is 1.15 bits per heavy atom. The topological polar surface area (TPSA) is 43.1 Å². The molecule has 2 aromatic carbocycles. The van der Waals surface area contributed by atoms with Gasteiger partial charge in [0.1, 0.15) is 0 Å². The molecule has 0 fully saturated rings. The molecule has 2 nitrogen and oxygen atoms in total. The van der Waals surface area contributed by atoms with E-state index in [2.05, 4.69) is 6.07 Å². The third-order valence-electron chi connectivity index (χ3n) is 3.06. The van der Waals surface area contributed by atoms with Crippen LogP contribution in [-0.2, 0) is 10.8 Å². The molecule has 0 aliphatic carbocycles. The van der Waals surface area contributed by atoms with Crippen LogP contribution in [0.15, 0.2) is 47.4 Å². The number of benzene rings is 2. The average Bonchev–Trinajstić information content (AvgIpc) is 2.37. The van der Waals surface area contributed by atoms with Crippen molar-refractivity contribution < 1.29 is 4.21 Å². The largest absolute Gasteiger partial charge is 0.323 e. The van der Waals surface area contributed by atoms with E-state index in [0.717, 1.165) is 10.5 Å². The zero-order valence-corrected chi connectivity index (χ0v) is 13.2. The molecular weight excluding hydrogens is 290 g/mol.